The van der Waals surface area contributed by atoms with Crippen molar-refractivity contribution in [3.05, 3.63) is 22.6 Å². The number of rotatable bonds is 5. The number of carbonyl (C=O) groups is 2. The molecular weight excluding hydrogens is 350 g/mol. The Hall–Kier alpha value is -2.97. The van der Waals surface area contributed by atoms with Gasteiger partial charge in [-0.05, 0) is 31.4 Å². The first-order valence-electron chi connectivity index (χ1n) is 9.09. The predicted molar refractivity (Wildman–Crippen MR) is 103 cm³/mol. The number of aliphatic carboxylic acids is 1. The maximum Gasteiger partial charge on any atom is 0.328 e. The van der Waals surface area contributed by atoms with Crippen LogP contribution in [0.2, 0.25) is 0 Å². The summed E-state index contributed by atoms with van der Waals surface area (Å²) in [7, 11) is 3.43. The standard InChI is InChI=1S/C18H25N5O4/c1-21-14-10-12(20-17(26)19-7-6-16(24)25)13(23-8-4-3-5-9-23)11-15(14)22(2)18(21)27/h10-11H,3-9H2,1-2H3,(H,24,25)(H2,19,20,26). The van der Waals surface area contributed by atoms with Crippen LogP contribution in [0.25, 0.3) is 11.0 Å². The SMILES string of the molecule is Cn1c(=O)n(C)c2cc(N3CCCCC3)c(NC(=O)NCCC(=O)O)cc21. The summed E-state index contributed by atoms with van der Waals surface area (Å²) in [5.41, 5.74) is 2.89. The van der Waals surface area contributed by atoms with Gasteiger partial charge in [0, 0.05) is 33.7 Å². The van der Waals surface area contributed by atoms with E-state index in [0.717, 1.165) is 42.7 Å². The number of aromatic nitrogens is 2. The summed E-state index contributed by atoms with van der Waals surface area (Å²) in [5, 5.41) is 14.1. The monoisotopic (exact) mass is 375 g/mol. The van der Waals surface area contributed by atoms with E-state index in [0.29, 0.717) is 5.69 Å². The number of aryl methyl sites for hydroxylation is 2. The van der Waals surface area contributed by atoms with E-state index in [2.05, 4.69) is 15.5 Å². The van der Waals surface area contributed by atoms with Gasteiger partial charge in [0.1, 0.15) is 0 Å². The van der Waals surface area contributed by atoms with E-state index in [1.165, 1.54) is 6.42 Å². The number of benzene rings is 1. The first-order valence-corrected chi connectivity index (χ1v) is 9.09. The van der Waals surface area contributed by atoms with Gasteiger partial charge in [0.05, 0.1) is 28.8 Å². The van der Waals surface area contributed by atoms with Gasteiger partial charge in [0.2, 0.25) is 0 Å². The van der Waals surface area contributed by atoms with Crippen molar-refractivity contribution in [1.29, 1.82) is 0 Å². The number of carbonyl (C=O) groups excluding carboxylic acids is 1. The highest BCUT2D eigenvalue weighted by molar-refractivity contribution is 5.98. The smallest absolute Gasteiger partial charge is 0.328 e. The van der Waals surface area contributed by atoms with Gasteiger partial charge in [0.25, 0.3) is 0 Å². The number of amides is 2. The molecule has 1 aromatic heterocycles. The van der Waals surface area contributed by atoms with E-state index in [1.54, 1.807) is 29.3 Å². The molecule has 2 amide bonds. The van der Waals surface area contributed by atoms with Crippen LogP contribution >= 0.6 is 0 Å². The Morgan fingerprint density at radius 1 is 1.07 bits per heavy atom. The van der Waals surface area contributed by atoms with Crippen molar-refractivity contribution in [3.8, 4) is 0 Å². The minimum absolute atomic E-state index is 0.0479. The number of fused-ring (bicyclic) bond motifs is 1. The summed E-state index contributed by atoms with van der Waals surface area (Å²) < 4.78 is 3.14. The van der Waals surface area contributed by atoms with Gasteiger partial charge in [-0.15, -0.1) is 0 Å². The van der Waals surface area contributed by atoms with Crippen molar-refractivity contribution in [1.82, 2.24) is 14.5 Å². The number of piperidine rings is 1. The number of urea groups is 1. The Bertz CT molecular complexity index is 924. The van der Waals surface area contributed by atoms with Gasteiger partial charge in [-0.25, -0.2) is 9.59 Å². The summed E-state index contributed by atoms with van der Waals surface area (Å²) >= 11 is 0. The molecule has 1 aromatic carbocycles. The average Bonchev–Trinajstić information content (AvgIpc) is 2.85. The quantitative estimate of drug-likeness (QED) is 0.733. The zero-order valence-corrected chi connectivity index (χ0v) is 15.6. The molecule has 27 heavy (non-hydrogen) atoms. The van der Waals surface area contributed by atoms with Crippen LogP contribution in [0.3, 0.4) is 0 Å². The van der Waals surface area contributed by atoms with Crippen molar-refractivity contribution in [2.24, 2.45) is 14.1 Å². The van der Waals surface area contributed by atoms with E-state index in [9.17, 15) is 14.4 Å². The Morgan fingerprint density at radius 3 is 2.33 bits per heavy atom. The molecule has 2 aromatic rings. The van der Waals surface area contributed by atoms with Crippen molar-refractivity contribution >= 4 is 34.4 Å². The molecule has 9 heteroatoms. The summed E-state index contributed by atoms with van der Waals surface area (Å²) in [6.07, 6.45) is 3.20. The molecule has 1 aliphatic heterocycles. The molecule has 1 saturated heterocycles. The van der Waals surface area contributed by atoms with Crippen LogP contribution in [-0.2, 0) is 18.9 Å². The summed E-state index contributed by atoms with van der Waals surface area (Å²) in [4.78, 5) is 37.3. The van der Waals surface area contributed by atoms with Crippen LogP contribution < -0.4 is 21.2 Å². The Kier molecular flexibility index (Phi) is 5.38. The molecule has 2 heterocycles. The highest BCUT2D eigenvalue weighted by Gasteiger charge is 2.19. The number of nitrogens with zero attached hydrogens (tertiary/aromatic N) is 3. The average molecular weight is 375 g/mol. The summed E-state index contributed by atoms with van der Waals surface area (Å²) in [5.74, 6) is -0.968. The van der Waals surface area contributed by atoms with Crippen LogP contribution in [0.5, 0.6) is 0 Å². The van der Waals surface area contributed by atoms with Gasteiger partial charge in [0.15, 0.2) is 0 Å². The molecule has 0 aliphatic carbocycles. The number of carboxylic acids is 1. The molecule has 0 unspecified atom stereocenters. The fourth-order valence-electron chi connectivity index (χ4n) is 3.48. The second-order valence-electron chi connectivity index (χ2n) is 6.83. The molecule has 0 bridgehead atoms. The molecule has 0 saturated carbocycles. The van der Waals surface area contributed by atoms with E-state index in [-0.39, 0.29) is 18.7 Å². The maximum atomic E-state index is 12.3. The van der Waals surface area contributed by atoms with Gasteiger partial charge in [-0.3, -0.25) is 13.9 Å². The molecule has 1 fully saturated rings. The molecule has 3 N–H and O–H groups in total. The fourth-order valence-corrected chi connectivity index (χ4v) is 3.48. The third-order valence-electron chi connectivity index (χ3n) is 4.96. The van der Waals surface area contributed by atoms with Gasteiger partial charge in [-0.2, -0.15) is 0 Å². The third-order valence-corrected chi connectivity index (χ3v) is 4.96. The number of anilines is 2. The van der Waals surface area contributed by atoms with E-state index >= 15 is 0 Å². The third kappa shape index (κ3) is 3.91. The van der Waals surface area contributed by atoms with Gasteiger partial charge >= 0.3 is 17.7 Å². The Balaban J connectivity index is 1.95. The van der Waals surface area contributed by atoms with Crippen molar-refractivity contribution < 1.29 is 14.7 Å². The molecule has 9 nitrogen and oxygen atoms in total. The number of hydrogen-bond donors (Lipinski definition) is 3. The molecule has 0 radical (unpaired) electrons. The normalized spacial score (nSPS) is 14.4. The van der Waals surface area contributed by atoms with E-state index in [4.69, 9.17) is 5.11 Å². The van der Waals surface area contributed by atoms with Crippen LogP contribution in [0.4, 0.5) is 16.2 Å². The van der Waals surface area contributed by atoms with Crippen molar-refractivity contribution in [3.63, 3.8) is 0 Å². The number of imidazole rings is 1. The Labute approximate surface area is 156 Å². The predicted octanol–water partition coefficient (Wildman–Crippen LogP) is 1.46. The molecule has 0 spiro atoms. The van der Waals surface area contributed by atoms with Crippen LogP contribution in [-0.4, -0.2) is 45.9 Å². The second kappa shape index (κ2) is 7.73. The van der Waals surface area contributed by atoms with Gasteiger partial charge < -0.3 is 20.6 Å². The highest BCUT2D eigenvalue weighted by atomic mass is 16.4. The molecule has 3 rings (SSSR count). The van der Waals surface area contributed by atoms with Gasteiger partial charge in [-0.1, -0.05) is 0 Å². The highest BCUT2D eigenvalue weighted by Crippen LogP contribution is 2.32. The lowest BCUT2D eigenvalue weighted by molar-refractivity contribution is -0.136. The molecular formula is C18H25N5O4. The molecule has 1 aliphatic rings. The topological polar surface area (TPSA) is 109 Å². The lowest BCUT2D eigenvalue weighted by Gasteiger charge is -2.30. The summed E-state index contributed by atoms with van der Waals surface area (Å²) in [6, 6.07) is 3.28. The van der Waals surface area contributed by atoms with Crippen LogP contribution in [0.15, 0.2) is 16.9 Å². The number of carboxylic acid groups (broad SMARTS) is 1. The van der Waals surface area contributed by atoms with E-state index in [1.807, 2.05) is 6.07 Å². The first-order chi connectivity index (χ1) is 12.9. The number of nitrogens with one attached hydrogen (secondary N) is 2. The summed E-state index contributed by atoms with van der Waals surface area (Å²) in [6.45, 7) is 1.83. The molecule has 146 valence electrons. The minimum atomic E-state index is -0.968. The first kappa shape index (κ1) is 18.8. The van der Waals surface area contributed by atoms with Crippen LogP contribution in [0, 0.1) is 0 Å². The van der Waals surface area contributed by atoms with Crippen molar-refractivity contribution in [2.45, 2.75) is 25.7 Å². The largest absolute Gasteiger partial charge is 0.481 e. The second-order valence-corrected chi connectivity index (χ2v) is 6.83. The lowest BCUT2D eigenvalue weighted by atomic mass is 10.1. The zero-order chi connectivity index (χ0) is 19.6. The van der Waals surface area contributed by atoms with Crippen molar-refractivity contribution in [2.75, 3.05) is 29.9 Å². The molecule has 0 atom stereocenters. The zero-order valence-electron chi connectivity index (χ0n) is 15.6. The lowest BCUT2D eigenvalue weighted by Crippen LogP contribution is -2.33. The number of hydrogen-bond acceptors (Lipinski definition) is 4. The van der Waals surface area contributed by atoms with Crippen LogP contribution in [0.1, 0.15) is 25.7 Å². The fraction of sp³-hybridized carbons (Fsp3) is 0.500. The Morgan fingerprint density at radius 2 is 1.70 bits per heavy atom. The van der Waals surface area contributed by atoms with E-state index < -0.39 is 12.0 Å². The maximum absolute atomic E-state index is 12.3. The minimum Gasteiger partial charge on any atom is -0.481 e.